The zero-order valence-corrected chi connectivity index (χ0v) is 11.2. The van der Waals surface area contributed by atoms with Crippen LogP contribution in [0, 0.1) is 19.7 Å². The third kappa shape index (κ3) is 2.40. The van der Waals surface area contributed by atoms with Gasteiger partial charge in [-0.05, 0) is 49.9 Å². The lowest BCUT2D eigenvalue weighted by atomic mass is 10.1. The highest BCUT2D eigenvalue weighted by Crippen LogP contribution is 2.31. The molecule has 2 aromatic rings. The smallest absolute Gasteiger partial charge is 0.208 e. The van der Waals surface area contributed by atoms with Gasteiger partial charge in [-0.1, -0.05) is 6.07 Å². The van der Waals surface area contributed by atoms with Crippen LogP contribution in [0.15, 0.2) is 22.6 Å². The van der Waals surface area contributed by atoms with Gasteiger partial charge in [0.25, 0.3) is 0 Å². The van der Waals surface area contributed by atoms with Gasteiger partial charge < -0.3 is 9.73 Å². The second kappa shape index (κ2) is 4.78. The number of hydrogen-bond donors (Lipinski definition) is 1. The predicted molar refractivity (Wildman–Crippen MR) is 70.3 cm³/mol. The number of oxazole rings is 1. The van der Waals surface area contributed by atoms with Gasteiger partial charge in [0.2, 0.25) is 5.89 Å². The normalized spacial score (nSPS) is 17.7. The molecule has 19 heavy (non-hydrogen) atoms. The van der Waals surface area contributed by atoms with Crippen LogP contribution in [-0.4, -0.2) is 4.98 Å². The highest BCUT2D eigenvalue weighted by atomic mass is 19.1. The second-order valence-corrected chi connectivity index (χ2v) is 5.06. The molecule has 1 aliphatic carbocycles. The summed E-state index contributed by atoms with van der Waals surface area (Å²) in [4.78, 5) is 4.35. The van der Waals surface area contributed by atoms with Crippen molar-refractivity contribution < 1.29 is 8.81 Å². The van der Waals surface area contributed by atoms with Crippen LogP contribution in [-0.2, 0) is 13.0 Å². The molecule has 4 heteroatoms. The van der Waals surface area contributed by atoms with Gasteiger partial charge in [-0.2, -0.15) is 0 Å². The molecule has 3 rings (SSSR count). The molecule has 1 heterocycles. The minimum Gasteiger partial charge on any atom is -0.444 e. The van der Waals surface area contributed by atoms with E-state index in [1.807, 2.05) is 19.9 Å². The molecule has 100 valence electrons. The quantitative estimate of drug-likeness (QED) is 0.921. The maximum absolute atomic E-state index is 13.1. The summed E-state index contributed by atoms with van der Waals surface area (Å²) < 4.78 is 18.7. The van der Waals surface area contributed by atoms with E-state index >= 15 is 0 Å². The second-order valence-electron chi connectivity index (χ2n) is 5.06. The van der Waals surface area contributed by atoms with E-state index in [9.17, 15) is 4.39 Å². The number of aromatic nitrogens is 1. The van der Waals surface area contributed by atoms with Crippen LogP contribution < -0.4 is 5.32 Å². The van der Waals surface area contributed by atoms with Crippen LogP contribution in [0.3, 0.4) is 0 Å². The highest BCUT2D eigenvalue weighted by Gasteiger charge is 2.22. The van der Waals surface area contributed by atoms with E-state index in [1.54, 1.807) is 6.07 Å². The van der Waals surface area contributed by atoms with Crippen LogP contribution in [0.4, 0.5) is 4.39 Å². The maximum atomic E-state index is 13.1. The van der Waals surface area contributed by atoms with Crippen LogP contribution in [0.2, 0.25) is 0 Å². The van der Waals surface area contributed by atoms with Gasteiger partial charge in [0.05, 0.1) is 12.2 Å². The molecule has 0 radical (unpaired) electrons. The number of hydrogen-bond acceptors (Lipinski definition) is 3. The molecule has 1 aromatic heterocycles. The van der Waals surface area contributed by atoms with Crippen molar-refractivity contribution in [1.82, 2.24) is 10.3 Å². The summed E-state index contributed by atoms with van der Waals surface area (Å²) >= 11 is 0. The van der Waals surface area contributed by atoms with Crippen LogP contribution in [0.25, 0.3) is 0 Å². The van der Waals surface area contributed by atoms with Gasteiger partial charge in [0, 0.05) is 6.04 Å². The van der Waals surface area contributed by atoms with Gasteiger partial charge in [0.1, 0.15) is 11.6 Å². The summed E-state index contributed by atoms with van der Waals surface area (Å²) in [6.07, 6.45) is 1.92. The van der Waals surface area contributed by atoms with Crippen molar-refractivity contribution in [1.29, 1.82) is 0 Å². The van der Waals surface area contributed by atoms with E-state index < -0.39 is 0 Å². The topological polar surface area (TPSA) is 38.1 Å². The Labute approximate surface area is 111 Å². The molecule has 3 nitrogen and oxygen atoms in total. The highest BCUT2D eigenvalue weighted by molar-refractivity contribution is 5.34. The summed E-state index contributed by atoms with van der Waals surface area (Å²) in [6, 6.07) is 5.30. The van der Waals surface area contributed by atoms with E-state index in [-0.39, 0.29) is 11.9 Å². The van der Waals surface area contributed by atoms with Crippen molar-refractivity contribution >= 4 is 0 Å². The molecule has 0 fully saturated rings. The standard InChI is InChI=1S/C15H17FN2O/c1-9-10(2)19-15(18-9)8-17-14-6-3-11-7-12(16)4-5-13(11)14/h4-5,7,14,17H,3,6,8H2,1-2H3. The fourth-order valence-electron chi connectivity index (χ4n) is 2.62. The van der Waals surface area contributed by atoms with E-state index in [0.29, 0.717) is 12.4 Å². The van der Waals surface area contributed by atoms with Gasteiger partial charge in [-0.3, -0.25) is 0 Å². The number of fused-ring (bicyclic) bond motifs is 1. The van der Waals surface area contributed by atoms with Gasteiger partial charge in [-0.25, -0.2) is 9.37 Å². The average molecular weight is 260 g/mol. The van der Waals surface area contributed by atoms with Crippen molar-refractivity contribution in [3.63, 3.8) is 0 Å². The van der Waals surface area contributed by atoms with Crippen LogP contribution >= 0.6 is 0 Å². The number of nitrogens with one attached hydrogen (secondary N) is 1. The largest absolute Gasteiger partial charge is 0.444 e. The first-order chi connectivity index (χ1) is 9.13. The SMILES string of the molecule is Cc1nc(CNC2CCc3cc(F)ccc32)oc1C. The first-order valence-electron chi connectivity index (χ1n) is 6.58. The summed E-state index contributed by atoms with van der Waals surface area (Å²) in [7, 11) is 0. The Kier molecular flexibility index (Phi) is 3.11. The molecule has 0 saturated carbocycles. The Morgan fingerprint density at radius 2 is 2.26 bits per heavy atom. The number of rotatable bonds is 3. The number of aryl methyl sites for hydroxylation is 3. The molecule has 0 saturated heterocycles. The Balaban J connectivity index is 1.70. The van der Waals surface area contributed by atoms with Gasteiger partial charge in [0.15, 0.2) is 0 Å². The fourth-order valence-corrected chi connectivity index (χ4v) is 2.62. The van der Waals surface area contributed by atoms with Crippen molar-refractivity contribution in [2.75, 3.05) is 0 Å². The molecule has 0 amide bonds. The molecule has 0 aliphatic heterocycles. The summed E-state index contributed by atoms with van der Waals surface area (Å²) in [5.74, 6) is 1.43. The molecule has 1 aliphatic rings. The first-order valence-corrected chi connectivity index (χ1v) is 6.58. The van der Waals surface area contributed by atoms with Gasteiger partial charge >= 0.3 is 0 Å². The third-order valence-corrected chi connectivity index (χ3v) is 3.76. The lowest BCUT2D eigenvalue weighted by Crippen LogP contribution is -2.18. The Bertz CT molecular complexity index is 587. The van der Waals surface area contributed by atoms with Crippen LogP contribution in [0.1, 0.15) is 40.9 Å². The van der Waals surface area contributed by atoms with Crippen molar-refractivity contribution in [2.24, 2.45) is 0 Å². The molecular weight excluding hydrogens is 243 g/mol. The molecule has 1 N–H and O–H groups in total. The van der Waals surface area contributed by atoms with Crippen LogP contribution in [0.5, 0.6) is 0 Å². The van der Waals surface area contributed by atoms with E-state index in [2.05, 4.69) is 10.3 Å². The minimum absolute atomic E-state index is 0.154. The molecule has 0 bridgehead atoms. The Morgan fingerprint density at radius 3 is 3.00 bits per heavy atom. The zero-order valence-electron chi connectivity index (χ0n) is 11.2. The van der Waals surface area contributed by atoms with E-state index in [1.165, 1.54) is 11.6 Å². The lowest BCUT2D eigenvalue weighted by Gasteiger charge is -2.12. The zero-order chi connectivity index (χ0) is 13.4. The third-order valence-electron chi connectivity index (χ3n) is 3.76. The molecule has 1 unspecified atom stereocenters. The average Bonchev–Trinajstić information content (AvgIpc) is 2.91. The summed E-state index contributed by atoms with van der Waals surface area (Å²) in [5, 5.41) is 3.44. The van der Waals surface area contributed by atoms with Crippen molar-refractivity contribution in [2.45, 2.75) is 39.3 Å². The molecule has 1 atom stereocenters. The molecular formula is C15H17FN2O. The molecule has 1 aromatic carbocycles. The Hall–Kier alpha value is -1.68. The van der Waals surface area contributed by atoms with E-state index in [0.717, 1.165) is 29.9 Å². The predicted octanol–water partition coefficient (Wildman–Crippen LogP) is 3.21. The minimum atomic E-state index is -0.154. The summed E-state index contributed by atoms with van der Waals surface area (Å²) in [6.45, 7) is 4.46. The maximum Gasteiger partial charge on any atom is 0.208 e. The van der Waals surface area contributed by atoms with Crippen molar-refractivity contribution in [3.8, 4) is 0 Å². The first kappa shape index (κ1) is 12.4. The fraction of sp³-hybridized carbons (Fsp3) is 0.400. The number of halogens is 1. The lowest BCUT2D eigenvalue weighted by molar-refractivity contribution is 0.423. The number of nitrogens with zero attached hydrogens (tertiary/aromatic N) is 1. The number of benzene rings is 1. The van der Waals surface area contributed by atoms with E-state index in [4.69, 9.17) is 4.42 Å². The molecule has 0 spiro atoms. The summed E-state index contributed by atoms with van der Waals surface area (Å²) in [5.41, 5.74) is 3.24. The van der Waals surface area contributed by atoms with Gasteiger partial charge in [-0.15, -0.1) is 0 Å². The van der Waals surface area contributed by atoms with Crippen molar-refractivity contribution in [3.05, 3.63) is 52.5 Å². The monoisotopic (exact) mass is 260 g/mol. The Morgan fingerprint density at radius 1 is 1.42 bits per heavy atom.